The van der Waals surface area contributed by atoms with Crippen molar-refractivity contribution in [2.75, 3.05) is 0 Å². The first-order valence-electron chi connectivity index (χ1n) is 4.00. The van der Waals surface area contributed by atoms with Gasteiger partial charge in [-0.2, -0.15) is 0 Å². The maximum absolute atomic E-state index is 2.00. The van der Waals surface area contributed by atoms with Crippen molar-refractivity contribution in [3.63, 3.8) is 0 Å². The van der Waals surface area contributed by atoms with Gasteiger partial charge in [-0.3, -0.25) is 0 Å². The van der Waals surface area contributed by atoms with Gasteiger partial charge in [-0.25, -0.2) is 0 Å². The van der Waals surface area contributed by atoms with Crippen molar-refractivity contribution in [3.05, 3.63) is 72.8 Å². The summed E-state index contributed by atoms with van der Waals surface area (Å²) in [4.78, 5) is 0. The second-order valence-corrected chi connectivity index (χ2v) is 2.31. The van der Waals surface area contributed by atoms with Crippen LogP contribution in [0.4, 0.5) is 0 Å². The van der Waals surface area contributed by atoms with E-state index in [1.54, 1.807) is 0 Å². The van der Waals surface area contributed by atoms with E-state index in [2.05, 4.69) is 0 Å². The van der Waals surface area contributed by atoms with Gasteiger partial charge in [-0.1, -0.05) is 72.8 Å². The van der Waals surface area contributed by atoms with Crippen molar-refractivity contribution < 1.29 is 17.4 Å². The molecule has 0 saturated heterocycles. The number of benzene rings is 2. The summed E-state index contributed by atoms with van der Waals surface area (Å²) in [6, 6.07) is 24.0. The molecule has 0 radical (unpaired) electrons. The molecule has 0 fully saturated rings. The van der Waals surface area contributed by atoms with Gasteiger partial charge in [0.05, 0.1) is 0 Å². The van der Waals surface area contributed by atoms with Gasteiger partial charge in [0, 0.05) is 0 Å². The molecule has 0 heterocycles. The molecular weight excluding hydrogens is 196 g/mol. The second kappa shape index (κ2) is 9.06. The molecule has 0 aliphatic rings. The van der Waals surface area contributed by atoms with Crippen LogP contribution in [0.2, 0.25) is 0 Å². The van der Waals surface area contributed by atoms with Crippen LogP contribution in [0.5, 0.6) is 0 Å². The Labute approximate surface area is 90.4 Å². The monoisotopic (exact) mass is 208 g/mol. The molecular formula is C12H12Cr+2. The minimum atomic E-state index is 0. The molecule has 13 heavy (non-hydrogen) atoms. The topological polar surface area (TPSA) is 0 Å². The molecule has 0 aliphatic heterocycles. The number of rotatable bonds is 0. The third kappa shape index (κ3) is 7.34. The van der Waals surface area contributed by atoms with Crippen LogP contribution in [0.25, 0.3) is 0 Å². The fraction of sp³-hybridized carbons (Fsp3) is 0. The van der Waals surface area contributed by atoms with Gasteiger partial charge in [-0.15, -0.1) is 0 Å². The van der Waals surface area contributed by atoms with Crippen molar-refractivity contribution >= 4 is 0 Å². The maximum atomic E-state index is 2.00. The van der Waals surface area contributed by atoms with Crippen LogP contribution in [0, 0.1) is 0 Å². The van der Waals surface area contributed by atoms with Gasteiger partial charge in [0.25, 0.3) is 0 Å². The molecule has 2 aromatic carbocycles. The van der Waals surface area contributed by atoms with E-state index in [9.17, 15) is 0 Å². The van der Waals surface area contributed by atoms with E-state index in [0.717, 1.165) is 0 Å². The van der Waals surface area contributed by atoms with E-state index < -0.39 is 0 Å². The van der Waals surface area contributed by atoms with E-state index in [1.807, 2.05) is 72.8 Å². The average molecular weight is 208 g/mol. The van der Waals surface area contributed by atoms with Crippen molar-refractivity contribution in [3.8, 4) is 0 Å². The van der Waals surface area contributed by atoms with Crippen LogP contribution in [-0.4, -0.2) is 0 Å². The van der Waals surface area contributed by atoms with Crippen LogP contribution in [0.15, 0.2) is 72.8 Å². The van der Waals surface area contributed by atoms with Gasteiger partial charge in [0.1, 0.15) is 0 Å². The first-order chi connectivity index (χ1) is 6.00. The fourth-order valence-corrected chi connectivity index (χ4v) is 0.770. The standard InChI is InChI=1S/2C6H6.Cr/c2*1-2-4-6-5-3-1;/h2*1-6H;/q;;+2. The average Bonchev–Trinajstić information content (AvgIpc) is 2.24. The van der Waals surface area contributed by atoms with E-state index in [4.69, 9.17) is 0 Å². The summed E-state index contributed by atoms with van der Waals surface area (Å²) in [6.45, 7) is 0. The Bertz CT molecular complexity index is 181. The van der Waals surface area contributed by atoms with Gasteiger partial charge < -0.3 is 0 Å². The van der Waals surface area contributed by atoms with Crippen LogP contribution >= 0.6 is 0 Å². The zero-order chi connectivity index (χ0) is 8.49. The molecule has 2 rings (SSSR count). The molecule has 0 spiro atoms. The van der Waals surface area contributed by atoms with E-state index in [1.165, 1.54) is 0 Å². The second-order valence-electron chi connectivity index (χ2n) is 2.31. The molecule has 0 amide bonds. The zero-order valence-corrected chi connectivity index (χ0v) is 8.61. The minimum absolute atomic E-state index is 0. The summed E-state index contributed by atoms with van der Waals surface area (Å²) in [7, 11) is 0. The van der Waals surface area contributed by atoms with Crippen LogP contribution in [-0.2, 0) is 17.4 Å². The smallest absolute Gasteiger partial charge is 0.0623 e. The molecule has 0 bridgehead atoms. The van der Waals surface area contributed by atoms with Crippen LogP contribution in [0.3, 0.4) is 0 Å². The first-order valence-corrected chi connectivity index (χ1v) is 4.00. The molecule has 0 unspecified atom stereocenters. The van der Waals surface area contributed by atoms with Crippen molar-refractivity contribution in [1.29, 1.82) is 0 Å². The van der Waals surface area contributed by atoms with Gasteiger partial charge in [-0.05, 0) is 0 Å². The van der Waals surface area contributed by atoms with Crippen molar-refractivity contribution in [2.24, 2.45) is 0 Å². The predicted molar refractivity (Wildman–Crippen MR) is 52.9 cm³/mol. The van der Waals surface area contributed by atoms with Crippen molar-refractivity contribution in [1.82, 2.24) is 0 Å². The third-order valence-corrected chi connectivity index (χ3v) is 1.33. The largest absolute Gasteiger partial charge is 2.00 e. The van der Waals surface area contributed by atoms with E-state index in [0.29, 0.717) is 0 Å². The SMILES string of the molecule is [Cr+2].c1ccccc1.c1ccccc1. The Balaban J connectivity index is 0.000000206. The molecule has 0 nitrogen and oxygen atoms in total. The molecule has 0 aromatic heterocycles. The zero-order valence-electron chi connectivity index (χ0n) is 7.34. The first kappa shape index (κ1) is 12.0. The molecule has 0 atom stereocenters. The van der Waals surface area contributed by atoms with Gasteiger partial charge in [0.15, 0.2) is 0 Å². The molecule has 0 saturated carbocycles. The summed E-state index contributed by atoms with van der Waals surface area (Å²) in [5.41, 5.74) is 0. The summed E-state index contributed by atoms with van der Waals surface area (Å²) < 4.78 is 0. The Morgan fingerprint density at radius 2 is 0.308 bits per heavy atom. The van der Waals surface area contributed by atoms with Gasteiger partial charge in [0.2, 0.25) is 0 Å². The molecule has 2 aromatic rings. The number of hydrogen-bond acceptors (Lipinski definition) is 0. The Morgan fingerprint density at radius 1 is 0.231 bits per heavy atom. The molecule has 1 heteroatoms. The number of hydrogen-bond donors (Lipinski definition) is 0. The van der Waals surface area contributed by atoms with E-state index in [-0.39, 0.29) is 17.4 Å². The van der Waals surface area contributed by atoms with Crippen LogP contribution < -0.4 is 0 Å². The summed E-state index contributed by atoms with van der Waals surface area (Å²) in [6.07, 6.45) is 0. The van der Waals surface area contributed by atoms with E-state index >= 15 is 0 Å². The quantitative estimate of drug-likeness (QED) is 0.622. The Hall–Kier alpha value is -1.03. The Kier molecular flexibility index (Phi) is 8.35. The van der Waals surface area contributed by atoms with Crippen molar-refractivity contribution in [2.45, 2.75) is 0 Å². The maximum Gasteiger partial charge on any atom is 2.00 e. The summed E-state index contributed by atoms with van der Waals surface area (Å²) in [5.74, 6) is 0. The minimum Gasteiger partial charge on any atom is -0.0623 e. The summed E-state index contributed by atoms with van der Waals surface area (Å²) in [5, 5.41) is 0. The molecule has 64 valence electrons. The predicted octanol–water partition coefficient (Wildman–Crippen LogP) is 3.37. The van der Waals surface area contributed by atoms with Crippen LogP contribution in [0.1, 0.15) is 0 Å². The Morgan fingerprint density at radius 3 is 0.385 bits per heavy atom. The normalized spacial score (nSPS) is 7.38. The summed E-state index contributed by atoms with van der Waals surface area (Å²) >= 11 is 0. The fourth-order valence-electron chi connectivity index (χ4n) is 0.770. The molecule has 0 N–H and O–H groups in total. The third-order valence-electron chi connectivity index (χ3n) is 1.33. The van der Waals surface area contributed by atoms with Gasteiger partial charge >= 0.3 is 17.4 Å². The molecule has 0 aliphatic carbocycles.